The SMILES string of the molecule is CSCC[C@H](NC=O)C(=O)N[C@@H](CC(C)C)C(=O)N[C@@H](Cc1ccccc1)C(=O)ON1C(=O)CCC1=O. The minimum Gasteiger partial charge on any atom is -0.347 e. The molecule has 0 radical (unpaired) electrons. The second-order valence-electron chi connectivity index (χ2n) is 9.05. The van der Waals surface area contributed by atoms with E-state index >= 15 is 0 Å². The zero-order chi connectivity index (χ0) is 27.4. The Bertz CT molecular complexity index is 957. The number of rotatable bonds is 15. The highest BCUT2D eigenvalue weighted by Gasteiger charge is 2.36. The summed E-state index contributed by atoms with van der Waals surface area (Å²) in [4.78, 5) is 79.1. The zero-order valence-corrected chi connectivity index (χ0v) is 22.0. The van der Waals surface area contributed by atoms with Gasteiger partial charge in [-0.3, -0.25) is 24.0 Å². The number of carbonyl (C=O) groups is 6. The van der Waals surface area contributed by atoms with Crippen LogP contribution in [0.4, 0.5) is 0 Å². The molecule has 1 saturated heterocycles. The van der Waals surface area contributed by atoms with E-state index in [4.69, 9.17) is 4.84 Å². The van der Waals surface area contributed by atoms with Gasteiger partial charge in [0.2, 0.25) is 18.2 Å². The van der Waals surface area contributed by atoms with E-state index in [1.807, 2.05) is 20.1 Å². The summed E-state index contributed by atoms with van der Waals surface area (Å²) in [6.07, 6.45) is 2.88. The van der Waals surface area contributed by atoms with Crippen molar-refractivity contribution in [3.63, 3.8) is 0 Å². The lowest BCUT2D eigenvalue weighted by Gasteiger charge is -2.26. The molecule has 1 heterocycles. The fraction of sp³-hybridized carbons (Fsp3) is 0.520. The number of thioether (sulfide) groups is 1. The van der Waals surface area contributed by atoms with Crippen molar-refractivity contribution < 1.29 is 33.6 Å². The van der Waals surface area contributed by atoms with Crippen LogP contribution in [0.15, 0.2) is 30.3 Å². The van der Waals surface area contributed by atoms with Gasteiger partial charge >= 0.3 is 5.97 Å². The molecule has 0 spiro atoms. The Morgan fingerprint density at radius 3 is 2.16 bits per heavy atom. The molecule has 2 rings (SSSR count). The highest BCUT2D eigenvalue weighted by molar-refractivity contribution is 7.98. The minimum absolute atomic E-state index is 0.0131. The summed E-state index contributed by atoms with van der Waals surface area (Å²) in [6, 6.07) is 5.80. The van der Waals surface area contributed by atoms with Crippen molar-refractivity contribution >= 4 is 47.8 Å². The smallest absolute Gasteiger partial charge is 0.347 e. The first-order valence-corrected chi connectivity index (χ1v) is 13.5. The van der Waals surface area contributed by atoms with Gasteiger partial charge in [0.1, 0.15) is 18.1 Å². The van der Waals surface area contributed by atoms with Crippen molar-refractivity contribution in [1.29, 1.82) is 0 Å². The molecule has 11 nitrogen and oxygen atoms in total. The summed E-state index contributed by atoms with van der Waals surface area (Å²) in [6.45, 7) is 3.75. The predicted molar refractivity (Wildman–Crippen MR) is 137 cm³/mol. The van der Waals surface area contributed by atoms with Gasteiger partial charge in [-0.05, 0) is 36.3 Å². The Hall–Kier alpha value is -3.41. The highest BCUT2D eigenvalue weighted by Crippen LogP contribution is 2.15. The van der Waals surface area contributed by atoms with Gasteiger partial charge in [0.15, 0.2) is 0 Å². The van der Waals surface area contributed by atoms with Crippen molar-refractivity contribution in [1.82, 2.24) is 21.0 Å². The summed E-state index contributed by atoms with van der Waals surface area (Å²) >= 11 is 1.52. The van der Waals surface area contributed by atoms with Gasteiger partial charge in [0.25, 0.3) is 11.8 Å². The Morgan fingerprint density at radius 1 is 1.00 bits per heavy atom. The van der Waals surface area contributed by atoms with Gasteiger partial charge in [0, 0.05) is 19.3 Å². The number of hydrogen-bond donors (Lipinski definition) is 3. The molecule has 0 aromatic heterocycles. The van der Waals surface area contributed by atoms with E-state index in [1.54, 1.807) is 30.3 Å². The van der Waals surface area contributed by atoms with Crippen LogP contribution in [0.2, 0.25) is 0 Å². The van der Waals surface area contributed by atoms with Crippen LogP contribution in [0.3, 0.4) is 0 Å². The number of nitrogens with zero attached hydrogens (tertiary/aromatic N) is 1. The van der Waals surface area contributed by atoms with Crippen LogP contribution < -0.4 is 16.0 Å². The van der Waals surface area contributed by atoms with E-state index in [-0.39, 0.29) is 31.6 Å². The molecule has 3 atom stereocenters. The van der Waals surface area contributed by atoms with E-state index in [0.29, 0.717) is 29.2 Å². The van der Waals surface area contributed by atoms with Gasteiger partial charge in [-0.25, -0.2) is 4.79 Å². The Labute approximate surface area is 220 Å². The predicted octanol–water partition coefficient (Wildman–Crippen LogP) is 0.720. The number of hydrogen-bond acceptors (Lipinski definition) is 8. The molecule has 0 aliphatic carbocycles. The second kappa shape index (κ2) is 15.0. The maximum absolute atomic E-state index is 13.3. The number of carbonyl (C=O) groups excluding carboxylic acids is 6. The standard InChI is InChI=1S/C25H34N4O7S/c1-16(2)13-19(27-23(33)18(26-15-30)11-12-37-3)24(34)28-20(14-17-7-5-4-6-8-17)25(35)36-29-21(31)9-10-22(29)32/h4-8,15-16,18-20H,9-14H2,1-3H3,(H,26,30)(H,27,33)(H,28,34)/t18-,19-,20-/m0/s1. The van der Waals surface area contributed by atoms with Crippen LogP contribution in [0.1, 0.15) is 45.1 Å². The maximum Gasteiger partial charge on any atom is 0.355 e. The van der Waals surface area contributed by atoms with Crippen LogP contribution in [0.25, 0.3) is 0 Å². The molecule has 0 bridgehead atoms. The normalized spacial score (nSPS) is 15.6. The molecule has 12 heteroatoms. The third kappa shape index (κ3) is 9.52. The van der Waals surface area contributed by atoms with Gasteiger partial charge in [0.05, 0.1) is 0 Å². The molecule has 1 aliphatic heterocycles. The van der Waals surface area contributed by atoms with Crippen LogP contribution in [0, 0.1) is 5.92 Å². The van der Waals surface area contributed by atoms with E-state index < -0.39 is 47.7 Å². The largest absolute Gasteiger partial charge is 0.355 e. The molecule has 1 fully saturated rings. The lowest BCUT2D eigenvalue weighted by Crippen LogP contribution is -2.56. The molecule has 1 aliphatic rings. The van der Waals surface area contributed by atoms with E-state index in [2.05, 4.69) is 16.0 Å². The topological polar surface area (TPSA) is 151 Å². The van der Waals surface area contributed by atoms with Crippen molar-refractivity contribution in [2.24, 2.45) is 5.92 Å². The molecule has 1 aromatic rings. The van der Waals surface area contributed by atoms with Gasteiger partial charge in [-0.15, -0.1) is 5.06 Å². The van der Waals surface area contributed by atoms with E-state index in [9.17, 15) is 28.8 Å². The van der Waals surface area contributed by atoms with E-state index in [0.717, 1.165) is 0 Å². The average molecular weight is 535 g/mol. The molecule has 3 N–H and O–H groups in total. The highest BCUT2D eigenvalue weighted by atomic mass is 32.2. The van der Waals surface area contributed by atoms with Crippen molar-refractivity contribution in [3.05, 3.63) is 35.9 Å². The number of benzene rings is 1. The third-order valence-corrected chi connectivity index (χ3v) is 6.25. The fourth-order valence-corrected chi connectivity index (χ4v) is 4.18. The zero-order valence-electron chi connectivity index (χ0n) is 21.2. The van der Waals surface area contributed by atoms with Crippen molar-refractivity contribution in [2.75, 3.05) is 12.0 Å². The van der Waals surface area contributed by atoms with Crippen LogP contribution in [0.5, 0.6) is 0 Å². The Balaban J connectivity index is 2.21. The number of imide groups is 1. The van der Waals surface area contributed by atoms with E-state index in [1.165, 1.54) is 11.8 Å². The lowest BCUT2D eigenvalue weighted by atomic mass is 10.0. The summed E-state index contributed by atoms with van der Waals surface area (Å²) in [5.74, 6) is -2.75. The monoisotopic (exact) mass is 534 g/mol. The summed E-state index contributed by atoms with van der Waals surface area (Å²) in [5.41, 5.74) is 0.709. The van der Waals surface area contributed by atoms with Gasteiger partial charge in [-0.2, -0.15) is 11.8 Å². The number of amides is 5. The van der Waals surface area contributed by atoms with Crippen LogP contribution >= 0.6 is 11.8 Å². The quantitative estimate of drug-likeness (QED) is 0.220. The fourth-order valence-electron chi connectivity index (χ4n) is 3.71. The molecular weight excluding hydrogens is 500 g/mol. The first kappa shape index (κ1) is 29.8. The number of nitrogens with one attached hydrogen (secondary N) is 3. The molecular formula is C25H34N4O7S. The average Bonchev–Trinajstić information content (AvgIpc) is 3.18. The molecule has 1 aromatic carbocycles. The molecule has 5 amide bonds. The molecule has 37 heavy (non-hydrogen) atoms. The summed E-state index contributed by atoms with van der Waals surface area (Å²) in [7, 11) is 0. The summed E-state index contributed by atoms with van der Waals surface area (Å²) < 4.78 is 0. The minimum atomic E-state index is -1.23. The summed E-state index contributed by atoms with van der Waals surface area (Å²) in [5, 5.41) is 8.21. The van der Waals surface area contributed by atoms with Crippen molar-refractivity contribution in [2.45, 2.75) is 64.1 Å². The second-order valence-corrected chi connectivity index (χ2v) is 10.0. The maximum atomic E-state index is 13.3. The third-order valence-electron chi connectivity index (χ3n) is 5.61. The van der Waals surface area contributed by atoms with Gasteiger partial charge in [-0.1, -0.05) is 44.2 Å². The number of hydroxylamine groups is 2. The molecule has 0 unspecified atom stereocenters. The Kier molecular flexibility index (Phi) is 12.1. The van der Waals surface area contributed by atoms with Crippen LogP contribution in [-0.4, -0.2) is 71.2 Å². The molecule has 202 valence electrons. The molecule has 0 saturated carbocycles. The first-order chi connectivity index (χ1) is 17.7. The lowest BCUT2D eigenvalue weighted by molar-refractivity contribution is -0.199. The first-order valence-electron chi connectivity index (χ1n) is 12.1. The Morgan fingerprint density at radius 2 is 1.59 bits per heavy atom. The van der Waals surface area contributed by atoms with Crippen LogP contribution in [-0.2, 0) is 40.0 Å². The van der Waals surface area contributed by atoms with Gasteiger partial charge < -0.3 is 20.8 Å². The van der Waals surface area contributed by atoms with Crippen molar-refractivity contribution in [3.8, 4) is 0 Å².